The summed E-state index contributed by atoms with van der Waals surface area (Å²) >= 11 is 0. The topological polar surface area (TPSA) is 137 Å². The summed E-state index contributed by atoms with van der Waals surface area (Å²) in [5, 5.41) is 24.7. The number of hydrogen-bond acceptors (Lipinski definition) is 7. The summed E-state index contributed by atoms with van der Waals surface area (Å²) < 4.78 is 28.8. The van der Waals surface area contributed by atoms with Crippen molar-refractivity contribution in [3.05, 3.63) is 82.8 Å². The first kappa shape index (κ1) is 23.6. The van der Waals surface area contributed by atoms with Crippen LogP contribution in [0.4, 0.5) is 14.6 Å². The summed E-state index contributed by atoms with van der Waals surface area (Å²) in [6, 6.07) is 14.4. The second-order valence-corrected chi connectivity index (χ2v) is 7.16. The van der Waals surface area contributed by atoms with Gasteiger partial charge in [-0.15, -0.1) is 0 Å². The number of aromatic nitrogens is 2. The average Bonchev–Trinajstić information content (AvgIpc) is 2.83. The summed E-state index contributed by atoms with van der Waals surface area (Å²) in [6.07, 6.45) is 0.913. The van der Waals surface area contributed by atoms with Gasteiger partial charge in [-0.1, -0.05) is 30.3 Å². The Morgan fingerprint density at radius 2 is 1.91 bits per heavy atom. The van der Waals surface area contributed by atoms with E-state index in [4.69, 9.17) is 5.73 Å². The molecule has 0 saturated heterocycles. The van der Waals surface area contributed by atoms with Crippen LogP contribution in [0.25, 0.3) is 0 Å². The molecule has 0 aliphatic carbocycles. The van der Waals surface area contributed by atoms with E-state index in [-0.39, 0.29) is 30.0 Å². The Hall–Kier alpha value is -4.10. The van der Waals surface area contributed by atoms with E-state index in [9.17, 15) is 23.9 Å². The first-order chi connectivity index (χ1) is 15.8. The van der Waals surface area contributed by atoms with Gasteiger partial charge < -0.3 is 21.5 Å². The molecule has 0 saturated carbocycles. The summed E-state index contributed by atoms with van der Waals surface area (Å²) in [4.78, 5) is 20.1. The van der Waals surface area contributed by atoms with E-state index in [0.717, 1.165) is 17.2 Å². The van der Waals surface area contributed by atoms with Crippen molar-refractivity contribution < 1.29 is 18.7 Å². The fourth-order valence-electron chi connectivity index (χ4n) is 3.10. The summed E-state index contributed by atoms with van der Waals surface area (Å²) in [5.74, 6) is -4.32. The van der Waals surface area contributed by atoms with Gasteiger partial charge in [0.05, 0.1) is 24.2 Å². The predicted octanol–water partition coefficient (Wildman–Crippen LogP) is 2.58. The molecule has 10 heteroatoms. The molecule has 0 unspecified atom stereocenters. The van der Waals surface area contributed by atoms with Crippen LogP contribution in [0.2, 0.25) is 0 Å². The molecular weight excluding hydrogens is 430 g/mol. The minimum Gasteiger partial charge on any atom is -0.505 e. The third-order valence-corrected chi connectivity index (χ3v) is 4.86. The summed E-state index contributed by atoms with van der Waals surface area (Å²) in [7, 11) is 0. The van der Waals surface area contributed by atoms with Crippen molar-refractivity contribution in [1.82, 2.24) is 15.3 Å². The Kier molecular flexibility index (Phi) is 7.48. The Bertz CT molecular complexity index is 1170. The molecule has 1 aromatic carbocycles. The molecule has 5 N–H and O–H groups in total. The highest BCUT2D eigenvalue weighted by molar-refractivity contribution is 5.79. The van der Waals surface area contributed by atoms with Gasteiger partial charge in [-0.2, -0.15) is 14.0 Å². The number of amides is 1. The lowest BCUT2D eigenvalue weighted by molar-refractivity contribution is -0.120. The van der Waals surface area contributed by atoms with Crippen LogP contribution < -0.4 is 16.4 Å². The average molecular weight is 452 g/mol. The number of carbonyl (C=O) groups excluding carboxylic acids is 1. The van der Waals surface area contributed by atoms with Crippen LogP contribution in [0.5, 0.6) is 5.75 Å². The Morgan fingerprint density at radius 3 is 2.58 bits per heavy atom. The second kappa shape index (κ2) is 10.5. The van der Waals surface area contributed by atoms with E-state index in [0.29, 0.717) is 6.54 Å². The zero-order valence-corrected chi connectivity index (χ0v) is 17.6. The van der Waals surface area contributed by atoms with Crippen molar-refractivity contribution in [2.24, 2.45) is 5.73 Å². The van der Waals surface area contributed by atoms with Crippen molar-refractivity contribution in [3.8, 4) is 11.8 Å². The quantitative estimate of drug-likeness (QED) is 0.392. The lowest BCUT2D eigenvalue weighted by Gasteiger charge is -2.17. The number of nitriles is 1. The number of rotatable bonds is 9. The van der Waals surface area contributed by atoms with Crippen LogP contribution >= 0.6 is 0 Å². The molecule has 0 radical (unpaired) electrons. The number of aromatic hydroxyl groups is 1. The lowest BCUT2D eigenvalue weighted by Crippen LogP contribution is -2.27. The molecule has 3 rings (SSSR count). The lowest BCUT2D eigenvalue weighted by atomic mass is 10.1. The number of nitrogens with one attached hydrogen (secondary N) is 2. The van der Waals surface area contributed by atoms with Crippen LogP contribution in [-0.4, -0.2) is 27.5 Å². The van der Waals surface area contributed by atoms with Crippen LogP contribution in [0, 0.1) is 11.3 Å². The van der Waals surface area contributed by atoms with E-state index in [2.05, 4.69) is 20.6 Å². The minimum atomic E-state index is -3.30. The Balaban J connectivity index is 1.71. The standard InChI is InChI=1S/C23H22F2N6O2/c24-23(25,19-7-3-4-8-28-19)14-30-20-9-17(12-27)22(33)18(31-20)10-21(32)29-13-16-6-2-1-5-15(16)11-26/h1-9,33H,10-11,13-14,26H2,(H,29,32)(H,30,31). The first-order valence-electron chi connectivity index (χ1n) is 10.0. The van der Waals surface area contributed by atoms with Gasteiger partial charge in [0.1, 0.15) is 17.6 Å². The molecule has 2 heterocycles. The Morgan fingerprint density at radius 1 is 1.18 bits per heavy atom. The molecule has 33 heavy (non-hydrogen) atoms. The normalized spacial score (nSPS) is 11.0. The van der Waals surface area contributed by atoms with Gasteiger partial charge >= 0.3 is 5.92 Å². The number of hydrogen-bond donors (Lipinski definition) is 4. The number of nitrogens with zero attached hydrogens (tertiary/aromatic N) is 3. The van der Waals surface area contributed by atoms with Gasteiger partial charge in [0.15, 0.2) is 5.75 Å². The fraction of sp³-hybridized carbons (Fsp3) is 0.217. The molecule has 0 bridgehead atoms. The molecule has 0 fully saturated rings. The van der Waals surface area contributed by atoms with Gasteiger partial charge in [-0.3, -0.25) is 9.78 Å². The molecular formula is C23H22F2N6O2. The molecule has 0 spiro atoms. The highest BCUT2D eigenvalue weighted by atomic mass is 19.3. The van der Waals surface area contributed by atoms with Crippen molar-refractivity contribution in [2.75, 3.05) is 11.9 Å². The Labute approximate surface area is 189 Å². The molecule has 170 valence electrons. The predicted molar refractivity (Wildman–Crippen MR) is 117 cm³/mol. The number of nitrogens with two attached hydrogens (primary N) is 1. The highest BCUT2D eigenvalue weighted by Crippen LogP contribution is 2.28. The van der Waals surface area contributed by atoms with E-state index in [1.165, 1.54) is 24.4 Å². The molecule has 1 amide bonds. The fourth-order valence-corrected chi connectivity index (χ4v) is 3.10. The van der Waals surface area contributed by atoms with Crippen LogP contribution in [0.1, 0.15) is 28.1 Å². The third kappa shape index (κ3) is 5.99. The largest absolute Gasteiger partial charge is 0.505 e. The molecule has 0 aliphatic heterocycles. The van der Waals surface area contributed by atoms with E-state index < -0.39 is 29.8 Å². The smallest absolute Gasteiger partial charge is 0.306 e. The van der Waals surface area contributed by atoms with E-state index >= 15 is 0 Å². The van der Waals surface area contributed by atoms with Crippen molar-refractivity contribution >= 4 is 11.7 Å². The van der Waals surface area contributed by atoms with Crippen molar-refractivity contribution in [1.29, 1.82) is 5.26 Å². The van der Waals surface area contributed by atoms with Gasteiger partial charge in [0.2, 0.25) is 5.91 Å². The zero-order chi connectivity index (χ0) is 23.8. The molecule has 0 aliphatic rings. The van der Waals surface area contributed by atoms with E-state index in [1.54, 1.807) is 6.07 Å². The van der Waals surface area contributed by atoms with Gasteiger partial charge in [0.25, 0.3) is 0 Å². The number of benzene rings is 1. The molecule has 8 nitrogen and oxygen atoms in total. The maximum atomic E-state index is 14.4. The number of pyridine rings is 2. The monoisotopic (exact) mass is 452 g/mol. The third-order valence-electron chi connectivity index (χ3n) is 4.86. The van der Waals surface area contributed by atoms with Crippen molar-refractivity contribution in [2.45, 2.75) is 25.4 Å². The maximum absolute atomic E-state index is 14.4. The highest BCUT2D eigenvalue weighted by Gasteiger charge is 2.33. The van der Waals surface area contributed by atoms with Gasteiger partial charge in [-0.25, -0.2) is 4.98 Å². The second-order valence-electron chi connectivity index (χ2n) is 7.16. The molecule has 3 aromatic rings. The molecule has 0 atom stereocenters. The van der Waals surface area contributed by atoms with Crippen molar-refractivity contribution in [3.63, 3.8) is 0 Å². The van der Waals surface area contributed by atoms with Crippen LogP contribution in [0.15, 0.2) is 54.7 Å². The van der Waals surface area contributed by atoms with Crippen LogP contribution in [-0.2, 0) is 30.2 Å². The van der Waals surface area contributed by atoms with Crippen LogP contribution in [0.3, 0.4) is 0 Å². The van der Waals surface area contributed by atoms with Gasteiger partial charge in [0, 0.05) is 25.4 Å². The summed E-state index contributed by atoms with van der Waals surface area (Å²) in [5.41, 5.74) is 6.70. The number of anilines is 1. The number of halogens is 2. The zero-order valence-electron chi connectivity index (χ0n) is 17.6. The van der Waals surface area contributed by atoms with Gasteiger partial charge in [-0.05, 0) is 23.3 Å². The van der Waals surface area contributed by atoms with E-state index in [1.807, 2.05) is 24.3 Å². The first-order valence-corrected chi connectivity index (χ1v) is 10.0. The minimum absolute atomic E-state index is 0.0729. The number of carbonyl (C=O) groups is 1. The summed E-state index contributed by atoms with van der Waals surface area (Å²) in [6.45, 7) is -0.308. The maximum Gasteiger partial charge on any atom is 0.306 e. The SMILES string of the molecule is N#Cc1cc(NCC(F)(F)c2ccccn2)nc(CC(=O)NCc2ccccc2CN)c1O. The number of alkyl halides is 2. The molecule has 2 aromatic heterocycles.